The average Bonchev–Trinajstić information content (AvgIpc) is 2.04. The predicted octanol–water partition coefficient (Wildman–Crippen LogP) is 1.54. The molecule has 0 aromatic rings. The summed E-state index contributed by atoms with van der Waals surface area (Å²) in [7, 11) is 0. The summed E-state index contributed by atoms with van der Waals surface area (Å²) < 4.78 is 0. The predicted molar refractivity (Wildman–Crippen MR) is 51.1 cm³/mol. The second kappa shape index (κ2) is 4.83. The Labute approximate surface area is 75.4 Å². The molecule has 0 amide bonds. The van der Waals surface area contributed by atoms with Crippen LogP contribution in [0.15, 0.2) is 0 Å². The van der Waals surface area contributed by atoms with Crippen molar-refractivity contribution in [3.8, 4) is 0 Å². The summed E-state index contributed by atoms with van der Waals surface area (Å²) in [4.78, 5) is 0. The van der Waals surface area contributed by atoms with Crippen molar-refractivity contribution in [2.24, 2.45) is 5.92 Å². The molecular formula is C10H21NO. The maximum Gasteiger partial charge on any atom is 0.0582 e. The SMILES string of the molecule is C[C@@H]1CCC[C@@H](N[C@@H](C)CO)C1. The van der Waals surface area contributed by atoms with Gasteiger partial charge in [-0.3, -0.25) is 0 Å². The summed E-state index contributed by atoms with van der Waals surface area (Å²) in [5.74, 6) is 0.863. The van der Waals surface area contributed by atoms with Gasteiger partial charge in [0, 0.05) is 12.1 Å². The molecule has 72 valence electrons. The van der Waals surface area contributed by atoms with E-state index in [0.717, 1.165) is 5.92 Å². The topological polar surface area (TPSA) is 32.3 Å². The highest BCUT2D eigenvalue weighted by molar-refractivity contribution is 4.77. The van der Waals surface area contributed by atoms with Crippen molar-refractivity contribution in [2.75, 3.05) is 6.61 Å². The third-order valence-electron chi connectivity index (χ3n) is 2.73. The van der Waals surface area contributed by atoms with Gasteiger partial charge in [-0.05, 0) is 25.7 Å². The molecule has 2 N–H and O–H groups in total. The van der Waals surface area contributed by atoms with Gasteiger partial charge in [0.15, 0.2) is 0 Å². The summed E-state index contributed by atoms with van der Waals surface area (Å²) in [5.41, 5.74) is 0. The zero-order chi connectivity index (χ0) is 8.97. The van der Waals surface area contributed by atoms with Crippen LogP contribution in [0.4, 0.5) is 0 Å². The molecule has 1 saturated carbocycles. The standard InChI is InChI=1S/C10H21NO/c1-8-4-3-5-10(6-8)11-9(2)7-12/h8-12H,3-7H2,1-2H3/t8-,9+,10-/m1/s1. The monoisotopic (exact) mass is 171 g/mol. The summed E-state index contributed by atoms with van der Waals surface area (Å²) in [6.45, 7) is 4.61. The first-order valence-corrected chi connectivity index (χ1v) is 5.09. The lowest BCUT2D eigenvalue weighted by atomic mass is 9.87. The number of nitrogens with one attached hydrogen (secondary N) is 1. The zero-order valence-corrected chi connectivity index (χ0v) is 8.21. The summed E-state index contributed by atoms with van der Waals surface area (Å²) in [6.07, 6.45) is 5.29. The van der Waals surface area contributed by atoms with E-state index in [2.05, 4.69) is 12.2 Å². The number of hydrogen-bond acceptors (Lipinski definition) is 2. The molecule has 0 aliphatic heterocycles. The molecule has 0 spiro atoms. The molecule has 0 bridgehead atoms. The summed E-state index contributed by atoms with van der Waals surface area (Å²) in [5, 5.41) is 12.3. The van der Waals surface area contributed by atoms with Crippen LogP contribution in [0, 0.1) is 5.92 Å². The van der Waals surface area contributed by atoms with E-state index in [9.17, 15) is 0 Å². The molecule has 2 nitrogen and oxygen atoms in total. The van der Waals surface area contributed by atoms with Gasteiger partial charge in [-0.2, -0.15) is 0 Å². The van der Waals surface area contributed by atoms with Crippen molar-refractivity contribution in [2.45, 2.75) is 51.6 Å². The summed E-state index contributed by atoms with van der Waals surface area (Å²) >= 11 is 0. The molecule has 3 atom stereocenters. The van der Waals surface area contributed by atoms with Crippen LogP contribution in [0.25, 0.3) is 0 Å². The summed E-state index contributed by atoms with van der Waals surface area (Å²) in [6, 6.07) is 0.913. The minimum atomic E-state index is 0.255. The second-order valence-electron chi connectivity index (χ2n) is 4.22. The van der Waals surface area contributed by atoms with E-state index in [1.54, 1.807) is 0 Å². The first-order valence-electron chi connectivity index (χ1n) is 5.09. The fourth-order valence-corrected chi connectivity index (χ4v) is 2.04. The van der Waals surface area contributed by atoms with Crippen molar-refractivity contribution in [3.05, 3.63) is 0 Å². The molecule has 0 heterocycles. The van der Waals surface area contributed by atoms with E-state index in [0.29, 0.717) is 6.04 Å². The van der Waals surface area contributed by atoms with Gasteiger partial charge in [-0.25, -0.2) is 0 Å². The van der Waals surface area contributed by atoms with E-state index in [4.69, 9.17) is 5.11 Å². The Bertz CT molecular complexity index is 127. The largest absolute Gasteiger partial charge is 0.395 e. The van der Waals surface area contributed by atoms with E-state index >= 15 is 0 Å². The van der Waals surface area contributed by atoms with Crippen molar-refractivity contribution in [1.29, 1.82) is 0 Å². The van der Waals surface area contributed by atoms with Crippen molar-refractivity contribution in [1.82, 2.24) is 5.32 Å². The van der Waals surface area contributed by atoms with Crippen LogP contribution in [0.3, 0.4) is 0 Å². The molecule has 0 aromatic heterocycles. The highest BCUT2D eigenvalue weighted by Crippen LogP contribution is 2.23. The third kappa shape index (κ3) is 3.11. The molecule has 0 radical (unpaired) electrons. The quantitative estimate of drug-likeness (QED) is 0.675. The van der Waals surface area contributed by atoms with Crippen LogP contribution in [-0.4, -0.2) is 23.8 Å². The van der Waals surface area contributed by atoms with Crippen LogP contribution >= 0.6 is 0 Å². The molecule has 1 aliphatic carbocycles. The minimum absolute atomic E-state index is 0.255. The van der Waals surface area contributed by atoms with Gasteiger partial charge in [0.1, 0.15) is 0 Å². The fraction of sp³-hybridized carbons (Fsp3) is 1.00. The van der Waals surface area contributed by atoms with Gasteiger partial charge in [0.2, 0.25) is 0 Å². The Kier molecular flexibility index (Phi) is 4.02. The number of aliphatic hydroxyl groups excluding tert-OH is 1. The van der Waals surface area contributed by atoms with Crippen LogP contribution < -0.4 is 5.32 Å². The Hall–Kier alpha value is -0.0800. The van der Waals surface area contributed by atoms with Gasteiger partial charge in [-0.15, -0.1) is 0 Å². The third-order valence-corrected chi connectivity index (χ3v) is 2.73. The smallest absolute Gasteiger partial charge is 0.0582 e. The lowest BCUT2D eigenvalue weighted by Crippen LogP contribution is -2.41. The van der Waals surface area contributed by atoms with Crippen molar-refractivity contribution >= 4 is 0 Å². The first kappa shape index (κ1) is 10.0. The second-order valence-corrected chi connectivity index (χ2v) is 4.22. The maximum absolute atomic E-state index is 8.87. The molecule has 1 rings (SSSR count). The average molecular weight is 171 g/mol. The molecule has 12 heavy (non-hydrogen) atoms. The number of aliphatic hydroxyl groups is 1. The van der Waals surface area contributed by atoms with Crippen molar-refractivity contribution < 1.29 is 5.11 Å². The van der Waals surface area contributed by atoms with Crippen LogP contribution in [-0.2, 0) is 0 Å². The van der Waals surface area contributed by atoms with E-state index in [-0.39, 0.29) is 12.6 Å². The van der Waals surface area contributed by atoms with Gasteiger partial charge in [0.05, 0.1) is 6.61 Å². The Morgan fingerprint density at radius 3 is 2.83 bits per heavy atom. The zero-order valence-electron chi connectivity index (χ0n) is 8.21. The van der Waals surface area contributed by atoms with E-state index in [1.807, 2.05) is 6.92 Å². The van der Waals surface area contributed by atoms with Gasteiger partial charge >= 0.3 is 0 Å². The fourth-order valence-electron chi connectivity index (χ4n) is 2.04. The first-order chi connectivity index (χ1) is 5.72. The van der Waals surface area contributed by atoms with E-state index in [1.165, 1.54) is 25.7 Å². The lowest BCUT2D eigenvalue weighted by molar-refractivity contribution is 0.215. The molecule has 1 aliphatic rings. The Balaban J connectivity index is 2.22. The molecule has 0 aromatic carbocycles. The highest BCUT2D eigenvalue weighted by atomic mass is 16.3. The lowest BCUT2D eigenvalue weighted by Gasteiger charge is -2.29. The highest BCUT2D eigenvalue weighted by Gasteiger charge is 2.19. The maximum atomic E-state index is 8.87. The Morgan fingerprint density at radius 2 is 2.25 bits per heavy atom. The minimum Gasteiger partial charge on any atom is -0.395 e. The van der Waals surface area contributed by atoms with E-state index < -0.39 is 0 Å². The van der Waals surface area contributed by atoms with Crippen LogP contribution in [0.1, 0.15) is 39.5 Å². The molecule has 2 heteroatoms. The van der Waals surface area contributed by atoms with Gasteiger partial charge in [0.25, 0.3) is 0 Å². The molecule has 0 unspecified atom stereocenters. The van der Waals surface area contributed by atoms with Crippen molar-refractivity contribution in [3.63, 3.8) is 0 Å². The van der Waals surface area contributed by atoms with Crippen LogP contribution in [0.5, 0.6) is 0 Å². The number of rotatable bonds is 3. The molecule has 1 fully saturated rings. The van der Waals surface area contributed by atoms with Gasteiger partial charge in [-0.1, -0.05) is 19.8 Å². The van der Waals surface area contributed by atoms with Gasteiger partial charge < -0.3 is 10.4 Å². The Morgan fingerprint density at radius 1 is 1.50 bits per heavy atom. The number of hydrogen-bond donors (Lipinski definition) is 2. The normalized spacial score (nSPS) is 33.2. The van der Waals surface area contributed by atoms with Crippen LogP contribution in [0.2, 0.25) is 0 Å². The molecular weight excluding hydrogens is 150 g/mol. The molecule has 0 saturated heterocycles.